The highest BCUT2D eigenvalue weighted by atomic mass is 32.2. The highest BCUT2D eigenvalue weighted by Crippen LogP contribution is 2.40. The van der Waals surface area contributed by atoms with Crippen LogP contribution in [0.3, 0.4) is 0 Å². The second-order valence-electron chi connectivity index (χ2n) is 12.8. The molecular weight excluding hydrogens is 590 g/mol. The summed E-state index contributed by atoms with van der Waals surface area (Å²) in [6.07, 6.45) is 5.94. The number of nitrogens with zero attached hydrogens (tertiary/aromatic N) is 2. The zero-order valence-electron chi connectivity index (χ0n) is 25.9. The van der Waals surface area contributed by atoms with Crippen molar-refractivity contribution in [2.24, 2.45) is 0 Å². The van der Waals surface area contributed by atoms with Gasteiger partial charge in [-0.1, -0.05) is 6.07 Å². The molecule has 1 saturated carbocycles. The zero-order valence-corrected chi connectivity index (χ0v) is 27.6. The van der Waals surface area contributed by atoms with Crippen molar-refractivity contribution in [3.8, 4) is 10.4 Å². The second-order valence-corrected chi connectivity index (χ2v) is 15.5. The molecule has 13 heteroatoms. The Morgan fingerprint density at radius 2 is 1.84 bits per heavy atom. The van der Waals surface area contributed by atoms with E-state index < -0.39 is 21.7 Å². The van der Waals surface area contributed by atoms with Crippen LogP contribution >= 0.6 is 11.3 Å². The number of rotatable bonds is 9. The standard InChI is InChI=1S/C30H45N5O6S2/c1-19(2)41-29(37)33-22-13-14-24(26(16-22)43(38,39)34-30(3,4)5)25-17-31-27(42-25)20-9-11-21(12-10-20)32-28(36)40-18-23-8-7-15-35(23)6/h13-14,16-17,19-21,23,34H,7-12,15,18H2,1-6H3,(H,32,36)(H,33,37)/t20?,21?,23-/m1/s1. The van der Waals surface area contributed by atoms with E-state index in [2.05, 4.69) is 32.3 Å². The molecule has 1 aliphatic carbocycles. The summed E-state index contributed by atoms with van der Waals surface area (Å²) in [5, 5.41) is 6.58. The summed E-state index contributed by atoms with van der Waals surface area (Å²) in [4.78, 5) is 32.2. The van der Waals surface area contributed by atoms with Gasteiger partial charge >= 0.3 is 12.2 Å². The molecule has 4 rings (SSSR count). The SMILES string of the molecule is CC(C)OC(=O)Nc1ccc(-c2cnc(C3CCC(NC(=O)OC[C@H]4CCCN4C)CC3)s2)c(S(=O)(=O)NC(C)(C)C)c1. The minimum atomic E-state index is -3.94. The number of carbonyl (C=O) groups is 2. The number of amides is 2. The van der Waals surface area contributed by atoms with Crippen LogP contribution in [0.4, 0.5) is 15.3 Å². The third kappa shape index (κ3) is 9.37. The van der Waals surface area contributed by atoms with Crippen molar-refractivity contribution in [2.75, 3.05) is 25.5 Å². The lowest BCUT2D eigenvalue weighted by Crippen LogP contribution is -2.40. The Morgan fingerprint density at radius 1 is 1.12 bits per heavy atom. The molecule has 1 aliphatic heterocycles. The predicted octanol–water partition coefficient (Wildman–Crippen LogP) is 5.69. The zero-order chi connectivity index (χ0) is 31.4. The molecule has 1 atom stereocenters. The number of ether oxygens (including phenoxy) is 2. The number of nitrogens with one attached hydrogen (secondary N) is 3. The number of likely N-dealkylation sites (N-methyl/N-ethyl adjacent to an activating group) is 1. The van der Waals surface area contributed by atoms with Gasteiger partial charge in [0.15, 0.2) is 0 Å². The van der Waals surface area contributed by atoms with Crippen LogP contribution in [0.5, 0.6) is 0 Å². The average molecular weight is 636 g/mol. The molecule has 2 aromatic rings. The Labute approximate surface area is 259 Å². The van der Waals surface area contributed by atoms with E-state index in [4.69, 9.17) is 9.47 Å². The molecule has 2 amide bonds. The molecule has 2 fully saturated rings. The summed E-state index contributed by atoms with van der Waals surface area (Å²) in [5.74, 6) is 0.222. The lowest BCUT2D eigenvalue weighted by molar-refractivity contribution is 0.110. The fraction of sp³-hybridized carbons (Fsp3) is 0.633. The molecule has 1 aromatic carbocycles. The van der Waals surface area contributed by atoms with Gasteiger partial charge < -0.3 is 19.7 Å². The van der Waals surface area contributed by atoms with E-state index in [9.17, 15) is 18.0 Å². The van der Waals surface area contributed by atoms with E-state index in [1.54, 1.807) is 52.9 Å². The average Bonchev–Trinajstić information content (AvgIpc) is 3.55. The highest BCUT2D eigenvalue weighted by molar-refractivity contribution is 7.89. The first kappa shape index (κ1) is 33.2. The van der Waals surface area contributed by atoms with E-state index in [1.807, 2.05) is 0 Å². The van der Waals surface area contributed by atoms with Crippen molar-refractivity contribution in [2.45, 2.75) is 108 Å². The molecule has 0 bridgehead atoms. The molecule has 0 unspecified atom stereocenters. The lowest BCUT2D eigenvalue weighted by atomic mass is 9.86. The molecule has 0 spiro atoms. The van der Waals surface area contributed by atoms with Gasteiger partial charge in [0.1, 0.15) is 6.61 Å². The maximum Gasteiger partial charge on any atom is 0.411 e. The van der Waals surface area contributed by atoms with Crippen LogP contribution in [0, 0.1) is 0 Å². The normalized spacial score (nSPS) is 21.5. The molecule has 1 aromatic heterocycles. The fourth-order valence-corrected chi connectivity index (χ4v) is 8.36. The molecular formula is C30H45N5O6S2. The first-order chi connectivity index (χ1) is 20.2. The van der Waals surface area contributed by atoms with Gasteiger partial charge in [0.25, 0.3) is 0 Å². The topological polar surface area (TPSA) is 139 Å². The van der Waals surface area contributed by atoms with Crippen LogP contribution in [0.1, 0.15) is 84.1 Å². The number of carbonyl (C=O) groups excluding carboxylic acids is 2. The number of benzene rings is 1. The Kier molecular flexibility index (Phi) is 10.7. The Bertz CT molecular complexity index is 1380. The minimum Gasteiger partial charge on any atom is -0.448 e. The second kappa shape index (κ2) is 13.9. The monoisotopic (exact) mass is 635 g/mol. The Balaban J connectivity index is 1.43. The summed E-state index contributed by atoms with van der Waals surface area (Å²) in [7, 11) is -1.88. The van der Waals surface area contributed by atoms with Gasteiger partial charge in [0, 0.05) is 41.0 Å². The van der Waals surface area contributed by atoms with Crippen molar-refractivity contribution in [1.29, 1.82) is 0 Å². The van der Waals surface area contributed by atoms with Crippen molar-refractivity contribution < 1.29 is 27.5 Å². The van der Waals surface area contributed by atoms with E-state index in [-0.39, 0.29) is 29.1 Å². The van der Waals surface area contributed by atoms with Gasteiger partial charge in [-0.15, -0.1) is 11.3 Å². The number of sulfonamides is 1. The predicted molar refractivity (Wildman–Crippen MR) is 168 cm³/mol. The number of thiazole rings is 1. The molecule has 3 N–H and O–H groups in total. The van der Waals surface area contributed by atoms with E-state index in [0.717, 1.165) is 55.0 Å². The van der Waals surface area contributed by atoms with Crippen LogP contribution in [0.2, 0.25) is 0 Å². The summed E-state index contributed by atoms with van der Waals surface area (Å²) in [5.41, 5.74) is 0.114. The van der Waals surface area contributed by atoms with Gasteiger partial charge in [0.05, 0.1) is 20.9 Å². The van der Waals surface area contributed by atoms with E-state index in [1.165, 1.54) is 17.4 Å². The van der Waals surface area contributed by atoms with Crippen molar-refractivity contribution in [3.63, 3.8) is 0 Å². The van der Waals surface area contributed by atoms with E-state index >= 15 is 0 Å². The van der Waals surface area contributed by atoms with Crippen molar-refractivity contribution in [1.82, 2.24) is 19.9 Å². The van der Waals surface area contributed by atoms with Gasteiger partial charge in [-0.25, -0.2) is 27.7 Å². The van der Waals surface area contributed by atoms with Crippen molar-refractivity contribution in [3.05, 3.63) is 29.4 Å². The van der Waals surface area contributed by atoms with Crippen molar-refractivity contribution >= 4 is 39.2 Å². The van der Waals surface area contributed by atoms with Gasteiger partial charge in [-0.2, -0.15) is 0 Å². The first-order valence-electron chi connectivity index (χ1n) is 15.0. The minimum absolute atomic E-state index is 0.0511. The number of likely N-dealkylation sites (tertiary alicyclic amines) is 1. The number of hydrogen-bond donors (Lipinski definition) is 3. The van der Waals surface area contributed by atoms with E-state index in [0.29, 0.717) is 23.9 Å². The summed E-state index contributed by atoms with van der Waals surface area (Å²) in [6.45, 7) is 10.3. The summed E-state index contributed by atoms with van der Waals surface area (Å²) >= 11 is 1.47. The Hall–Kier alpha value is -2.74. The third-order valence-electron chi connectivity index (χ3n) is 7.57. The van der Waals surface area contributed by atoms with Crippen LogP contribution in [-0.2, 0) is 19.5 Å². The molecule has 11 nitrogen and oxygen atoms in total. The number of alkyl carbamates (subject to hydrolysis) is 1. The highest BCUT2D eigenvalue weighted by Gasteiger charge is 2.30. The Morgan fingerprint density at radius 3 is 2.47 bits per heavy atom. The van der Waals surface area contributed by atoms with Crippen LogP contribution in [-0.4, -0.2) is 74.4 Å². The summed E-state index contributed by atoms with van der Waals surface area (Å²) < 4.78 is 40.4. The molecule has 2 aliphatic rings. The smallest absolute Gasteiger partial charge is 0.411 e. The fourth-order valence-electron chi connectivity index (χ4n) is 5.50. The molecule has 0 radical (unpaired) electrons. The van der Waals surface area contributed by atoms with Crippen LogP contribution < -0.4 is 15.4 Å². The van der Waals surface area contributed by atoms with Gasteiger partial charge in [-0.05, 0) is 98.9 Å². The van der Waals surface area contributed by atoms with Crippen LogP contribution in [0.15, 0.2) is 29.3 Å². The maximum atomic E-state index is 13.5. The van der Waals surface area contributed by atoms with Crippen LogP contribution in [0.25, 0.3) is 10.4 Å². The maximum absolute atomic E-state index is 13.5. The number of anilines is 1. The lowest BCUT2D eigenvalue weighted by Gasteiger charge is -2.28. The quantitative estimate of drug-likeness (QED) is 0.319. The largest absolute Gasteiger partial charge is 0.448 e. The molecule has 43 heavy (non-hydrogen) atoms. The summed E-state index contributed by atoms with van der Waals surface area (Å²) in [6, 6.07) is 5.16. The third-order valence-corrected chi connectivity index (χ3v) is 10.6. The molecule has 1 saturated heterocycles. The number of hydrogen-bond acceptors (Lipinski definition) is 9. The first-order valence-corrected chi connectivity index (χ1v) is 17.3. The van der Waals surface area contributed by atoms with Gasteiger partial charge in [0.2, 0.25) is 10.0 Å². The number of aromatic nitrogens is 1. The molecule has 2 heterocycles. The molecule has 238 valence electrons. The van der Waals surface area contributed by atoms with Gasteiger partial charge in [-0.3, -0.25) is 5.32 Å².